The molecule has 0 heterocycles. The third-order valence-corrected chi connectivity index (χ3v) is 1.91. The third-order valence-electron chi connectivity index (χ3n) is 1.91. The zero-order chi connectivity index (χ0) is 12.7. The number of Topliss-reactive ketones (excluding diaryl/α,β-unsaturated/α-hetero) is 1. The van der Waals surface area contributed by atoms with Crippen LogP contribution < -0.4 is 4.74 Å². The van der Waals surface area contributed by atoms with Crippen molar-refractivity contribution in [3.05, 3.63) is 42.7 Å². The van der Waals surface area contributed by atoms with Crippen molar-refractivity contribution in [2.45, 2.75) is 0 Å². The lowest BCUT2D eigenvalue weighted by Crippen LogP contribution is -2.18. The molecule has 0 N–H and O–H groups in total. The fourth-order valence-corrected chi connectivity index (χ4v) is 1.06. The maximum absolute atomic E-state index is 11.5. The van der Waals surface area contributed by atoms with Gasteiger partial charge in [0.25, 0.3) is 5.78 Å². The Morgan fingerprint density at radius 2 is 1.94 bits per heavy atom. The van der Waals surface area contributed by atoms with Crippen LogP contribution in [0, 0.1) is 0 Å². The SMILES string of the molecule is C=COCOC(=O)C(=O)c1ccc(OC)cc1. The third kappa shape index (κ3) is 3.64. The molecule has 0 aromatic heterocycles. The van der Waals surface area contributed by atoms with Gasteiger partial charge < -0.3 is 14.2 Å². The van der Waals surface area contributed by atoms with Crippen LogP contribution in [0.5, 0.6) is 5.75 Å². The Balaban J connectivity index is 2.61. The highest BCUT2D eigenvalue weighted by molar-refractivity contribution is 6.40. The molecule has 0 aliphatic heterocycles. The topological polar surface area (TPSA) is 61.8 Å². The van der Waals surface area contributed by atoms with Gasteiger partial charge in [-0.15, -0.1) is 0 Å². The predicted octanol–water partition coefficient (Wildman–Crippen LogP) is 1.54. The first-order chi connectivity index (χ1) is 8.19. The van der Waals surface area contributed by atoms with Gasteiger partial charge in [-0.25, -0.2) is 4.79 Å². The van der Waals surface area contributed by atoms with E-state index >= 15 is 0 Å². The van der Waals surface area contributed by atoms with Crippen molar-refractivity contribution in [1.29, 1.82) is 0 Å². The van der Waals surface area contributed by atoms with E-state index in [-0.39, 0.29) is 12.4 Å². The summed E-state index contributed by atoms with van der Waals surface area (Å²) >= 11 is 0. The fraction of sp³-hybridized carbons (Fsp3) is 0.167. The molecule has 1 rings (SSSR count). The number of carbonyl (C=O) groups is 2. The molecule has 0 spiro atoms. The number of methoxy groups -OCH3 is 1. The largest absolute Gasteiger partial charge is 0.497 e. The number of carbonyl (C=O) groups excluding carboxylic acids is 2. The van der Waals surface area contributed by atoms with E-state index < -0.39 is 11.8 Å². The summed E-state index contributed by atoms with van der Waals surface area (Å²) in [5, 5.41) is 0. The lowest BCUT2D eigenvalue weighted by molar-refractivity contribution is -0.146. The Kier molecular flexibility index (Phi) is 4.75. The van der Waals surface area contributed by atoms with Gasteiger partial charge in [0.1, 0.15) is 5.75 Å². The first-order valence-corrected chi connectivity index (χ1v) is 4.77. The monoisotopic (exact) mass is 236 g/mol. The van der Waals surface area contributed by atoms with Crippen molar-refractivity contribution in [3.63, 3.8) is 0 Å². The van der Waals surface area contributed by atoms with E-state index in [0.717, 1.165) is 6.26 Å². The number of hydrogen-bond donors (Lipinski definition) is 0. The quantitative estimate of drug-likeness (QED) is 0.187. The average molecular weight is 236 g/mol. The highest BCUT2D eigenvalue weighted by Crippen LogP contribution is 2.12. The molecule has 1 aromatic rings. The maximum atomic E-state index is 11.5. The number of ether oxygens (including phenoxy) is 3. The van der Waals surface area contributed by atoms with E-state index in [1.54, 1.807) is 12.1 Å². The van der Waals surface area contributed by atoms with Crippen molar-refractivity contribution in [1.82, 2.24) is 0 Å². The van der Waals surface area contributed by atoms with Gasteiger partial charge in [-0.05, 0) is 24.3 Å². The second-order valence-corrected chi connectivity index (χ2v) is 2.94. The Labute approximate surface area is 98.6 Å². The van der Waals surface area contributed by atoms with E-state index in [0.29, 0.717) is 5.75 Å². The fourth-order valence-electron chi connectivity index (χ4n) is 1.06. The van der Waals surface area contributed by atoms with Crippen LogP contribution in [0.25, 0.3) is 0 Å². The second-order valence-electron chi connectivity index (χ2n) is 2.94. The number of esters is 1. The summed E-state index contributed by atoms with van der Waals surface area (Å²) in [6.07, 6.45) is 1.12. The van der Waals surface area contributed by atoms with Crippen LogP contribution >= 0.6 is 0 Å². The zero-order valence-corrected chi connectivity index (χ0v) is 9.34. The van der Waals surface area contributed by atoms with Gasteiger partial charge in [0, 0.05) is 5.56 Å². The molecule has 0 radical (unpaired) electrons. The molecule has 5 heteroatoms. The van der Waals surface area contributed by atoms with E-state index in [2.05, 4.69) is 16.1 Å². The smallest absolute Gasteiger partial charge is 0.382 e. The molecule has 0 saturated heterocycles. The summed E-state index contributed by atoms with van der Waals surface area (Å²) < 4.78 is 14.0. The van der Waals surface area contributed by atoms with E-state index in [1.165, 1.54) is 19.2 Å². The number of benzene rings is 1. The summed E-state index contributed by atoms with van der Waals surface area (Å²) in [5.74, 6) is -1.11. The van der Waals surface area contributed by atoms with Gasteiger partial charge >= 0.3 is 5.97 Å². The molecule has 0 aliphatic rings. The van der Waals surface area contributed by atoms with Crippen molar-refractivity contribution in [2.75, 3.05) is 13.9 Å². The van der Waals surface area contributed by atoms with Crippen LogP contribution in [0.15, 0.2) is 37.1 Å². The maximum Gasteiger partial charge on any atom is 0.382 e. The van der Waals surface area contributed by atoms with Crippen molar-refractivity contribution in [2.24, 2.45) is 0 Å². The molecule has 0 aliphatic carbocycles. The Morgan fingerprint density at radius 3 is 2.47 bits per heavy atom. The van der Waals surface area contributed by atoms with Crippen LogP contribution in [0.2, 0.25) is 0 Å². The lowest BCUT2D eigenvalue weighted by Gasteiger charge is -2.04. The molecule has 0 fully saturated rings. The van der Waals surface area contributed by atoms with Crippen molar-refractivity contribution >= 4 is 11.8 Å². The molecule has 0 unspecified atom stereocenters. The molecule has 0 atom stereocenters. The molecule has 0 amide bonds. The van der Waals surface area contributed by atoms with Crippen LogP contribution in [0.3, 0.4) is 0 Å². The summed E-state index contributed by atoms with van der Waals surface area (Å²) in [6.45, 7) is 2.94. The highest BCUT2D eigenvalue weighted by Gasteiger charge is 2.17. The predicted molar refractivity (Wildman–Crippen MR) is 59.6 cm³/mol. The summed E-state index contributed by atoms with van der Waals surface area (Å²) in [5.41, 5.74) is 0.231. The van der Waals surface area contributed by atoms with Crippen LogP contribution in [0.4, 0.5) is 0 Å². The van der Waals surface area contributed by atoms with Gasteiger partial charge in [-0.3, -0.25) is 4.79 Å². The molecule has 0 saturated carbocycles. The Hall–Kier alpha value is -2.30. The first-order valence-electron chi connectivity index (χ1n) is 4.77. The minimum Gasteiger partial charge on any atom is -0.497 e. The van der Waals surface area contributed by atoms with Crippen LogP contribution in [-0.4, -0.2) is 25.7 Å². The normalized spacial score (nSPS) is 9.24. The lowest BCUT2D eigenvalue weighted by atomic mass is 10.1. The first kappa shape index (κ1) is 12.8. The minimum atomic E-state index is -0.975. The van der Waals surface area contributed by atoms with Gasteiger partial charge in [0.2, 0.25) is 6.79 Å². The van der Waals surface area contributed by atoms with E-state index in [4.69, 9.17) is 4.74 Å². The highest BCUT2D eigenvalue weighted by atomic mass is 16.7. The number of hydrogen-bond acceptors (Lipinski definition) is 5. The van der Waals surface area contributed by atoms with Crippen molar-refractivity contribution in [3.8, 4) is 5.75 Å². The van der Waals surface area contributed by atoms with Gasteiger partial charge in [0.15, 0.2) is 0 Å². The number of ketones is 1. The van der Waals surface area contributed by atoms with E-state index in [9.17, 15) is 9.59 Å². The Bertz CT molecular complexity index is 407. The van der Waals surface area contributed by atoms with Gasteiger partial charge in [-0.1, -0.05) is 6.58 Å². The molecular weight excluding hydrogens is 224 g/mol. The van der Waals surface area contributed by atoms with Gasteiger partial charge in [-0.2, -0.15) is 0 Å². The van der Waals surface area contributed by atoms with Gasteiger partial charge in [0.05, 0.1) is 13.4 Å². The molecule has 1 aromatic carbocycles. The second kappa shape index (κ2) is 6.32. The Morgan fingerprint density at radius 1 is 1.29 bits per heavy atom. The standard InChI is InChI=1S/C12H12O5/c1-3-16-8-17-12(14)11(13)9-4-6-10(15-2)7-5-9/h3-7H,1,8H2,2H3. The summed E-state index contributed by atoms with van der Waals surface area (Å²) in [7, 11) is 1.51. The average Bonchev–Trinajstić information content (AvgIpc) is 2.38. The number of rotatable bonds is 6. The van der Waals surface area contributed by atoms with Crippen LogP contribution in [-0.2, 0) is 14.3 Å². The summed E-state index contributed by atoms with van der Waals surface area (Å²) in [6, 6.07) is 6.13. The molecule has 17 heavy (non-hydrogen) atoms. The molecule has 90 valence electrons. The molecular formula is C12H12O5. The minimum absolute atomic E-state index is 0.231. The van der Waals surface area contributed by atoms with E-state index in [1.807, 2.05) is 0 Å². The van der Waals surface area contributed by atoms with Crippen molar-refractivity contribution < 1.29 is 23.8 Å². The zero-order valence-electron chi connectivity index (χ0n) is 9.34. The molecule has 0 bridgehead atoms. The molecule has 5 nitrogen and oxygen atoms in total. The summed E-state index contributed by atoms with van der Waals surface area (Å²) in [4.78, 5) is 22.8. The van der Waals surface area contributed by atoms with Crippen LogP contribution in [0.1, 0.15) is 10.4 Å².